The van der Waals surface area contributed by atoms with Gasteiger partial charge >= 0.3 is 0 Å². The van der Waals surface area contributed by atoms with Crippen molar-refractivity contribution in [2.45, 2.75) is 57.0 Å². The van der Waals surface area contributed by atoms with Crippen molar-refractivity contribution in [3.05, 3.63) is 35.9 Å². The van der Waals surface area contributed by atoms with Crippen LogP contribution in [0.1, 0.15) is 38.2 Å². The van der Waals surface area contributed by atoms with Crippen LogP contribution in [-0.2, 0) is 25.6 Å². The summed E-state index contributed by atoms with van der Waals surface area (Å²) >= 11 is 0. The fourth-order valence-electron chi connectivity index (χ4n) is 3.13. The Balaban J connectivity index is 1.90. The summed E-state index contributed by atoms with van der Waals surface area (Å²) in [4.78, 5) is 0. The Hall–Kier alpha value is -0.990. The van der Waals surface area contributed by atoms with Crippen molar-refractivity contribution < 1.29 is 27.6 Å². The molecule has 0 amide bonds. The summed E-state index contributed by atoms with van der Waals surface area (Å²) in [7, 11) is -3.48. The summed E-state index contributed by atoms with van der Waals surface area (Å²) in [6.45, 7) is 1.95. The molecule has 142 valence electrons. The Bertz CT molecular complexity index is 626. The largest absolute Gasteiger partial charge is 0.394 e. The van der Waals surface area contributed by atoms with E-state index in [1.165, 1.54) is 0 Å². The van der Waals surface area contributed by atoms with E-state index in [1.54, 1.807) is 0 Å². The Labute approximate surface area is 149 Å². The van der Waals surface area contributed by atoms with Crippen LogP contribution >= 0.6 is 0 Å². The minimum absolute atomic E-state index is 0.0891. The van der Waals surface area contributed by atoms with Crippen molar-refractivity contribution in [2.75, 3.05) is 12.9 Å². The van der Waals surface area contributed by atoms with Gasteiger partial charge in [0.1, 0.15) is 6.10 Å². The van der Waals surface area contributed by atoms with Crippen LogP contribution in [0.3, 0.4) is 0 Å². The van der Waals surface area contributed by atoms with E-state index in [9.17, 15) is 18.6 Å². The lowest BCUT2D eigenvalue weighted by Crippen LogP contribution is -2.34. The first-order valence-electron chi connectivity index (χ1n) is 8.58. The van der Waals surface area contributed by atoms with Crippen molar-refractivity contribution in [2.24, 2.45) is 5.92 Å². The standard InChI is InChI=1S/C18H28O6S/c1-14(11-18(8-9-18)24-25(2,21)22)10-17(16(20)12-19)23-13-15-6-4-3-5-7-15/h3-7,14,16-17,19-20H,8-13H2,1-2H3/t14-,16+,17-/m0/s1. The Morgan fingerprint density at radius 1 is 1.24 bits per heavy atom. The SMILES string of the molecule is C[C@@H](C[C@H](OCc1ccccc1)[C@H](O)CO)CC1(OS(C)(=O)=O)CC1. The zero-order valence-corrected chi connectivity index (χ0v) is 15.6. The molecule has 1 saturated carbocycles. The summed E-state index contributed by atoms with van der Waals surface area (Å²) in [5.41, 5.74) is 0.394. The first-order valence-corrected chi connectivity index (χ1v) is 10.4. The van der Waals surface area contributed by atoms with E-state index in [1.807, 2.05) is 37.3 Å². The third-order valence-electron chi connectivity index (χ3n) is 4.41. The van der Waals surface area contributed by atoms with Crippen LogP contribution < -0.4 is 0 Å². The number of aliphatic hydroxyl groups excluding tert-OH is 2. The molecule has 0 radical (unpaired) electrons. The molecule has 0 bridgehead atoms. The van der Waals surface area contributed by atoms with Gasteiger partial charge in [0.25, 0.3) is 10.1 Å². The zero-order chi connectivity index (χ0) is 18.5. The predicted octanol–water partition coefficient (Wildman–Crippen LogP) is 1.85. The van der Waals surface area contributed by atoms with Crippen molar-refractivity contribution in [1.82, 2.24) is 0 Å². The van der Waals surface area contributed by atoms with Gasteiger partial charge in [0.15, 0.2) is 0 Å². The maximum atomic E-state index is 11.4. The van der Waals surface area contributed by atoms with Gasteiger partial charge in [0, 0.05) is 0 Å². The van der Waals surface area contributed by atoms with Gasteiger partial charge in [-0.25, -0.2) is 0 Å². The summed E-state index contributed by atoms with van der Waals surface area (Å²) in [6, 6.07) is 9.62. The molecule has 1 aliphatic rings. The summed E-state index contributed by atoms with van der Waals surface area (Å²) in [5, 5.41) is 19.3. The second-order valence-electron chi connectivity index (χ2n) is 7.10. The molecule has 1 aromatic carbocycles. The second kappa shape index (κ2) is 8.60. The topological polar surface area (TPSA) is 93.1 Å². The van der Waals surface area contributed by atoms with Crippen molar-refractivity contribution in [1.29, 1.82) is 0 Å². The molecule has 0 aromatic heterocycles. The van der Waals surface area contributed by atoms with E-state index in [0.29, 0.717) is 19.4 Å². The zero-order valence-electron chi connectivity index (χ0n) is 14.8. The number of ether oxygens (including phenoxy) is 1. The lowest BCUT2D eigenvalue weighted by molar-refractivity contribution is -0.0757. The molecule has 2 N–H and O–H groups in total. The van der Waals surface area contributed by atoms with Crippen LogP contribution in [0.4, 0.5) is 0 Å². The molecule has 0 unspecified atom stereocenters. The highest BCUT2D eigenvalue weighted by Crippen LogP contribution is 2.46. The fourth-order valence-corrected chi connectivity index (χ4v) is 4.01. The molecule has 6 nitrogen and oxygen atoms in total. The summed E-state index contributed by atoms with van der Waals surface area (Å²) < 4.78 is 33.8. The minimum Gasteiger partial charge on any atom is -0.394 e. The average molecular weight is 372 g/mol. The quantitative estimate of drug-likeness (QED) is 0.576. The first kappa shape index (κ1) is 20.3. The van der Waals surface area contributed by atoms with Crippen LogP contribution in [0.15, 0.2) is 30.3 Å². The van der Waals surface area contributed by atoms with Gasteiger partial charge in [-0.15, -0.1) is 0 Å². The molecule has 1 aliphatic carbocycles. The minimum atomic E-state index is -3.48. The molecule has 1 aromatic rings. The lowest BCUT2D eigenvalue weighted by atomic mass is 9.93. The Kier molecular flexibility index (Phi) is 6.99. The van der Waals surface area contributed by atoms with Gasteiger partial charge in [-0.2, -0.15) is 8.42 Å². The molecule has 1 fully saturated rings. The highest BCUT2D eigenvalue weighted by molar-refractivity contribution is 7.86. The lowest BCUT2D eigenvalue weighted by Gasteiger charge is -2.27. The van der Waals surface area contributed by atoms with E-state index in [4.69, 9.17) is 8.92 Å². The Morgan fingerprint density at radius 3 is 2.40 bits per heavy atom. The summed E-state index contributed by atoms with van der Waals surface area (Å²) in [6.07, 6.45) is 2.13. The van der Waals surface area contributed by atoms with Crippen LogP contribution in [-0.4, -0.2) is 49.3 Å². The van der Waals surface area contributed by atoms with Crippen LogP contribution in [0.25, 0.3) is 0 Å². The van der Waals surface area contributed by atoms with E-state index in [2.05, 4.69) is 0 Å². The van der Waals surface area contributed by atoms with Gasteiger partial charge in [-0.1, -0.05) is 37.3 Å². The maximum absolute atomic E-state index is 11.4. The molecule has 25 heavy (non-hydrogen) atoms. The van der Waals surface area contributed by atoms with Crippen molar-refractivity contribution in [3.8, 4) is 0 Å². The number of hydrogen-bond donors (Lipinski definition) is 2. The molecule has 0 saturated heterocycles. The van der Waals surface area contributed by atoms with Gasteiger partial charge in [0.2, 0.25) is 0 Å². The average Bonchev–Trinajstić information content (AvgIpc) is 3.28. The molecule has 3 atom stereocenters. The highest BCUT2D eigenvalue weighted by atomic mass is 32.2. The predicted molar refractivity (Wildman–Crippen MR) is 94.4 cm³/mol. The number of aliphatic hydroxyl groups is 2. The van der Waals surface area contributed by atoms with E-state index < -0.39 is 27.9 Å². The highest BCUT2D eigenvalue weighted by Gasteiger charge is 2.48. The Morgan fingerprint density at radius 2 is 1.88 bits per heavy atom. The molecule has 0 heterocycles. The van der Waals surface area contributed by atoms with E-state index in [-0.39, 0.29) is 12.5 Å². The van der Waals surface area contributed by atoms with E-state index in [0.717, 1.165) is 24.7 Å². The number of rotatable bonds is 11. The van der Waals surface area contributed by atoms with Crippen LogP contribution in [0, 0.1) is 5.92 Å². The smallest absolute Gasteiger partial charge is 0.264 e. The normalized spacial score (nSPS) is 20.0. The fraction of sp³-hybridized carbons (Fsp3) is 0.667. The number of benzene rings is 1. The molecular formula is C18H28O6S. The van der Waals surface area contributed by atoms with Gasteiger partial charge in [-0.3, -0.25) is 4.18 Å². The molecule has 7 heteroatoms. The van der Waals surface area contributed by atoms with E-state index >= 15 is 0 Å². The van der Waals surface area contributed by atoms with Crippen molar-refractivity contribution >= 4 is 10.1 Å². The van der Waals surface area contributed by atoms with Crippen molar-refractivity contribution in [3.63, 3.8) is 0 Å². The molecule has 0 aliphatic heterocycles. The molecule has 0 spiro atoms. The van der Waals surface area contributed by atoms with Gasteiger partial charge < -0.3 is 14.9 Å². The third-order valence-corrected chi connectivity index (χ3v) is 5.07. The molecule has 2 rings (SSSR count). The van der Waals surface area contributed by atoms with Gasteiger partial charge in [0.05, 0.1) is 31.2 Å². The molecular weight excluding hydrogens is 344 g/mol. The van der Waals surface area contributed by atoms with Crippen LogP contribution in [0.2, 0.25) is 0 Å². The van der Waals surface area contributed by atoms with Crippen LogP contribution in [0.5, 0.6) is 0 Å². The number of hydrogen-bond acceptors (Lipinski definition) is 6. The maximum Gasteiger partial charge on any atom is 0.264 e. The second-order valence-corrected chi connectivity index (χ2v) is 8.68. The summed E-state index contributed by atoms with van der Waals surface area (Å²) in [5.74, 6) is 0.0891. The first-order chi connectivity index (χ1) is 11.7. The van der Waals surface area contributed by atoms with Gasteiger partial charge in [-0.05, 0) is 37.2 Å². The monoisotopic (exact) mass is 372 g/mol. The third kappa shape index (κ3) is 7.03.